The fourth-order valence-corrected chi connectivity index (χ4v) is 16.0. The first-order valence-electron chi connectivity index (χ1n) is 26.1. The molecule has 2 heteroatoms. The molecule has 5 aliphatic carbocycles. The van der Waals surface area contributed by atoms with Crippen LogP contribution in [-0.4, -0.2) is 4.40 Å². The maximum absolute atomic E-state index is 11.4. The molecule has 0 aliphatic heterocycles. The Morgan fingerprint density at radius 1 is 0.408 bits per heavy atom. The van der Waals surface area contributed by atoms with Crippen molar-refractivity contribution in [2.45, 2.75) is 128 Å². The maximum atomic E-state index is 11.4. The van der Waals surface area contributed by atoms with Crippen LogP contribution >= 0.6 is 0 Å². The molecule has 5 aliphatic rings. The van der Waals surface area contributed by atoms with E-state index in [-0.39, 0.29) is 32.5 Å². The summed E-state index contributed by atoms with van der Waals surface area (Å²) in [6.45, 7) is 32.3. The van der Waals surface area contributed by atoms with Crippen molar-refractivity contribution in [3.63, 3.8) is 0 Å². The molecule has 0 saturated heterocycles. The van der Waals surface area contributed by atoms with E-state index in [1.165, 1.54) is 133 Å². The van der Waals surface area contributed by atoms with Crippen molar-refractivity contribution in [3.05, 3.63) is 194 Å². The average molecular weight is 917 g/mol. The van der Waals surface area contributed by atoms with E-state index in [0.717, 1.165) is 16.6 Å². The van der Waals surface area contributed by atoms with Crippen molar-refractivity contribution in [2.24, 2.45) is 0 Å². The third-order valence-corrected chi connectivity index (χ3v) is 20.7. The quantitative estimate of drug-likeness (QED) is 0.149. The van der Waals surface area contributed by atoms with Crippen LogP contribution in [0.25, 0.3) is 82.6 Å². The first-order chi connectivity index (χ1) is 33.7. The lowest BCUT2D eigenvalue weighted by Crippen LogP contribution is -2.50. The SMILES string of the molecule is CC(C)(C)c1cc2c3c(c1)C(C)(C)C(C)(C)c1c-3c(c3c4c5c(ccc4n4c6cc(C#N)c7c(c6c1c34)-c1ccccc1C7(C)C)C1(c3ccccc3-c3ccccc31)c1ccccc1-5)C(C)(C)C2(C)C. The molecule has 0 N–H and O–H groups in total. The van der Waals surface area contributed by atoms with Crippen molar-refractivity contribution in [1.82, 2.24) is 4.40 Å². The van der Waals surface area contributed by atoms with E-state index in [2.05, 4.69) is 228 Å². The van der Waals surface area contributed by atoms with Crippen molar-refractivity contribution < 1.29 is 0 Å². The number of nitriles is 1. The highest BCUT2D eigenvalue weighted by Crippen LogP contribution is 2.71. The van der Waals surface area contributed by atoms with Gasteiger partial charge in [-0.2, -0.15) is 5.26 Å². The van der Waals surface area contributed by atoms with Crippen LogP contribution in [0.3, 0.4) is 0 Å². The van der Waals surface area contributed by atoms with E-state index in [4.69, 9.17) is 0 Å². The summed E-state index contributed by atoms with van der Waals surface area (Å²) in [5, 5.41) is 16.8. The van der Waals surface area contributed by atoms with Crippen molar-refractivity contribution in [2.75, 3.05) is 0 Å². The van der Waals surface area contributed by atoms with Gasteiger partial charge in [0.05, 0.1) is 33.6 Å². The van der Waals surface area contributed by atoms with Crippen LogP contribution in [0, 0.1) is 11.3 Å². The minimum atomic E-state index is -0.480. The molecule has 0 atom stereocenters. The summed E-state index contributed by atoms with van der Waals surface area (Å²) in [5.74, 6) is 0. The van der Waals surface area contributed by atoms with Gasteiger partial charge < -0.3 is 4.40 Å². The van der Waals surface area contributed by atoms with Crippen LogP contribution in [0.5, 0.6) is 0 Å². The van der Waals surface area contributed by atoms with Crippen molar-refractivity contribution >= 4 is 38.1 Å². The Bertz CT molecular complexity index is 4170. The number of hydrogen-bond acceptors (Lipinski definition) is 1. The molecule has 71 heavy (non-hydrogen) atoms. The van der Waals surface area contributed by atoms with E-state index < -0.39 is 5.41 Å². The van der Waals surface area contributed by atoms with Gasteiger partial charge in [-0.25, -0.2) is 0 Å². The summed E-state index contributed by atoms with van der Waals surface area (Å²) in [7, 11) is 0. The van der Waals surface area contributed by atoms with Crippen molar-refractivity contribution in [3.8, 4) is 50.6 Å². The monoisotopic (exact) mass is 916 g/mol. The van der Waals surface area contributed by atoms with E-state index >= 15 is 0 Å². The second-order valence-corrected chi connectivity index (χ2v) is 25.9. The molecule has 8 aromatic carbocycles. The average Bonchev–Trinajstić information content (AvgIpc) is 4.11. The summed E-state index contributed by atoms with van der Waals surface area (Å²) in [4.78, 5) is 0. The molecule has 1 spiro atoms. The van der Waals surface area contributed by atoms with Crippen LogP contribution in [0.4, 0.5) is 0 Å². The minimum Gasteiger partial charge on any atom is -0.308 e. The molecule has 346 valence electrons. The Balaban J connectivity index is 1.27. The van der Waals surface area contributed by atoms with Gasteiger partial charge >= 0.3 is 0 Å². The van der Waals surface area contributed by atoms with Gasteiger partial charge in [-0.3, -0.25) is 0 Å². The molecule has 2 aromatic heterocycles. The molecule has 0 amide bonds. The maximum Gasteiger partial charge on any atom is 0.0995 e. The lowest BCUT2D eigenvalue weighted by atomic mass is 9.46. The number of hydrogen-bond donors (Lipinski definition) is 0. The van der Waals surface area contributed by atoms with Gasteiger partial charge in [0.15, 0.2) is 0 Å². The van der Waals surface area contributed by atoms with Crippen LogP contribution < -0.4 is 0 Å². The van der Waals surface area contributed by atoms with E-state index in [0.29, 0.717) is 0 Å². The largest absolute Gasteiger partial charge is 0.308 e. The van der Waals surface area contributed by atoms with E-state index in [1.54, 1.807) is 0 Å². The van der Waals surface area contributed by atoms with E-state index in [1.807, 2.05) is 0 Å². The summed E-state index contributed by atoms with van der Waals surface area (Å²) in [6, 6.07) is 52.1. The highest BCUT2D eigenvalue weighted by molar-refractivity contribution is 6.33. The first-order valence-corrected chi connectivity index (χ1v) is 26.1. The summed E-state index contributed by atoms with van der Waals surface area (Å²) in [5.41, 5.74) is 28.4. The zero-order chi connectivity index (χ0) is 49.2. The Kier molecular flexibility index (Phi) is 7.18. The number of benzene rings is 8. The van der Waals surface area contributed by atoms with Gasteiger partial charge in [0.25, 0.3) is 0 Å². The zero-order valence-electron chi connectivity index (χ0n) is 43.5. The van der Waals surface area contributed by atoms with Gasteiger partial charge in [0, 0.05) is 37.8 Å². The Hall–Kier alpha value is -6.95. The van der Waals surface area contributed by atoms with E-state index in [9.17, 15) is 5.26 Å². The topological polar surface area (TPSA) is 28.2 Å². The second kappa shape index (κ2) is 12.2. The molecule has 0 bridgehead atoms. The second-order valence-electron chi connectivity index (χ2n) is 25.9. The zero-order valence-corrected chi connectivity index (χ0v) is 43.5. The van der Waals surface area contributed by atoms with Crippen LogP contribution in [0.2, 0.25) is 0 Å². The van der Waals surface area contributed by atoms with Crippen molar-refractivity contribution in [1.29, 1.82) is 5.26 Å². The molecule has 0 saturated carbocycles. The lowest BCUT2D eigenvalue weighted by Gasteiger charge is -2.57. The molecule has 2 nitrogen and oxygen atoms in total. The predicted octanol–water partition coefficient (Wildman–Crippen LogP) is 17.5. The van der Waals surface area contributed by atoms with Gasteiger partial charge in [-0.05, 0) is 134 Å². The Labute approximate surface area is 418 Å². The summed E-state index contributed by atoms with van der Waals surface area (Å²) in [6.07, 6.45) is 0. The fourth-order valence-electron chi connectivity index (χ4n) is 16.0. The number of rotatable bonds is 0. The highest BCUT2D eigenvalue weighted by Gasteiger charge is 2.58. The normalized spacial score (nSPS) is 18.9. The standard InChI is InChI=1S/C69H60N2/c1-63(2,3)37-33-47-53-48(34-37)66(8,9)68(12,13)61-56(53)60(67(10,11)65(47,6)7)57-54-49(71-50-32-36(35-70)59-52(55(50)58(61)62(57)71)40-24-16-18-26-42(40)64(59,4)5)31-30-46-51(54)41-25-17-21-29-45(41)69(46)43-27-19-14-22-38(43)39-23-15-20-28-44(39)69/h14-34H,1-13H3. The third-order valence-electron chi connectivity index (χ3n) is 20.7. The predicted molar refractivity (Wildman–Crippen MR) is 296 cm³/mol. The van der Waals surface area contributed by atoms with Crippen LogP contribution in [-0.2, 0) is 37.9 Å². The lowest BCUT2D eigenvalue weighted by molar-refractivity contribution is 0.278. The third kappa shape index (κ3) is 4.22. The van der Waals surface area contributed by atoms with Crippen LogP contribution in [0.1, 0.15) is 157 Å². The molecule has 0 fully saturated rings. The molecule has 0 unspecified atom stereocenters. The number of aromatic nitrogens is 1. The minimum absolute atomic E-state index is 0.0303. The van der Waals surface area contributed by atoms with Gasteiger partial charge in [-0.15, -0.1) is 0 Å². The molecule has 10 aromatic rings. The van der Waals surface area contributed by atoms with Gasteiger partial charge in [-0.1, -0.05) is 205 Å². The number of fused-ring (bicyclic) bond motifs is 23. The fraction of sp³-hybridized carbons (Fsp3) is 0.290. The summed E-state index contributed by atoms with van der Waals surface area (Å²) >= 11 is 0. The van der Waals surface area contributed by atoms with Crippen LogP contribution in [0.15, 0.2) is 127 Å². The molecule has 2 heterocycles. The first kappa shape index (κ1) is 41.8. The van der Waals surface area contributed by atoms with Gasteiger partial charge in [0.1, 0.15) is 0 Å². The smallest absolute Gasteiger partial charge is 0.0995 e. The Morgan fingerprint density at radius 3 is 1.39 bits per heavy atom. The highest BCUT2D eigenvalue weighted by atomic mass is 14.9. The number of nitrogens with zero attached hydrogens (tertiary/aromatic N) is 2. The molecule has 15 rings (SSSR count). The Morgan fingerprint density at radius 2 is 0.873 bits per heavy atom. The van der Waals surface area contributed by atoms with Gasteiger partial charge in [0.2, 0.25) is 0 Å². The summed E-state index contributed by atoms with van der Waals surface area (Å²) < 4.78 is 2.66. The molecule has 0 radical (unpaired) electrons. The molecular weight excluding hydrogens is 857 g/mol. The molecular formula is C69H60N2.